The summed E-state index contributed by atoms with van der Waals surface area (Å²) in [6.07, 6.45) is 0. The number of rotatable bonds is 2. The van der Waals surface area contributed by atoms with E-state index in [0.717, 1.165) is 22.8 Å². The normalized spacial score (nSPS) is 15.8. The quantitative estimate of drug-likeness (QED) is 0.370. The molecule has 0 atom stereocenters. The Morgan fingerprint density at radius 1 is 0.548 bits per heavy atom. The van der Waals surface area contributed by atoms with Crippen molar-refractivity contribution in [3.8, 4) is 33.9 Å². The Morgan fingerprint density at radius 3 is 1.87 bits per heavy atom. The van der Waals surface area contributed by atoms with Crippen LogP contribution >= 0.6 is 0 Å². The number of aromatic nitrogens is 3. The van der Waals surface area contributed by atoms with E-state index in [9.17, 15) is 0 Å². The zero-order chi connectivity index (χ0) is 21.8. The van der Waals surface area contributed by atoms with Crippen LogP contribution in [0.4, 0.5) is 0 Å². The molecule has 4 aromatic rings. The Morgan fingerprint density at radius 2 is 1.13 bits per heavy atom. The van der Waals surface area contributed by atoms with Gasteiger partial charge in [0.2, 0.25) is 0 Å². The van der Waals surface area contributed by atoms with Crippen molar-refractivity contribution in [2.45, 2.75) is 45.4 Å². The Balaban J connectivity index is 1.70. The summed E-state index contributed by atoms with van der Waals surface area (Å²) in [6.45, 7) is 11.3. The van der Waals surface area contributed by atoms with Crippen molar-refractivity contribution in [1.82, 2.24) is 15.0 Å². The zero-order valence-corrected chi connectivity index (χ0v) is 18.8. The van der Waals surface area contributed by atoms with Crippen LogP contribution in [0.1, 0.15) is 44.6 Å². The monoisotopic (exact) mass is 405 g/mol. The van der Waals surface area contributed by atoms with E-state index in [1.54, 1.807) is 0 Å². The highest BCUT2D eigenvalue weighted by Gasteiger charge is 2.45. The summed E-state index contributed by atoms with van der Waals surface area (Å²) in [5, 5.41) is 0. The Labute approximate surface area is 184 Å². The molecule has 0 saturated carbocycles. The molecule has 3 heteroatoms. The van der Waals surface area contributed by atoms with Crippen LogP contribution in [0.25, 0.3) is 33.9 Å². The SMILES string of the molecule is Cc1nc(-c2ccccc2)nc(-c2ccc3c(c2)C(C)(C)C(C)(C)c2ccccc2-3)n1. The first-order valence-corrected chi connectivity index (χ1v) is 10.8. The van der Waals surface area contributed by atoms with Gasteiger partial charge in [0.05, 0.1) is 0 Å². The molecule has 0 bridgehead atoms. The second-order valence-electron chi connectivity index (χ2n) is 9.45. The van der Waals surface area contributed by atoms with Gasteiger partial charge in [0.25, 0.3) is 0 Å². The molecule has 0 spiro atoms. The molecule has 0 radical (unpaired) electrons. The van der Waals surface area contributed by atoms with Gasteiger partial charge in [-0.25, -0.2) is 15.0 Å². The van der Waals surface area contributed by atoms with Gasteiger partial charge in [-0.2, -0.15) is 0 Å². The number of hydrogen-bond acceptors (Lipinski definition) is 3. The molecule has 3 nitrogen and oxygen atoms in total. The summed E-state index contributed by atoms with van der Waals surface area (Å²) >= 11 is 0. The summed E-state index contributed by atoms with van der Waals surface area (Å²) in [5.74, 6) is 2.17. The van der Waals surface area contributed by atoms with E-state index in [-0.39, 0.29) is 10.8 Å². The lowest BCUT2D eigenvalue weighted by Gasteiger charge is -2.48. The van der Waals surface area contributed by atoms with Crippen LogP contribution in [-0.2, 0) is 10.8 Å². The summed E-state index contributed by atoms with van der Waals surface area (Å²) in [4.78, 5) is 14.1. The van der Waals surface area contributed by atoms with E-state index >= 15 is 0 Å². The molecule has 154 valence electrons. The number of nitrogens with zero attached hydrogens (tertiary/aromatic N) is 3. The maximum Gasteiger partial charge on any atom is 0.163 e. The predicted molar refractivity (Wildman–Crippen MR) is 127 cm³/mol. The third-order valence-electron chi connectivity index (χ3n) is 7.18. The van der Waals surface area contributed by atoms with Crippen molar-refractivity contribution in [3.05, 3.63) is 89.7 Å². The fourth-order valence-corrected chi connectivity index (χ4v) is 4.70. The highest BCUT2D eigenvalue weighted by molar-refractivity contribution is 5.80. The molecule has 5 rings (SSSR count). The maximum atomic E-state index is 4.83. The van der Waals surface area contributed by atoms with Gasteiger partial charge in [-0.05, 0) is 46.1 Å². The minimum Gasteiger partial charge on any atom is -0.213 e. The molecule has 1 aliphatic carbocycles. The molecule has 0 N–H and O–H groups in total. The first-order valence-electron chi connectivity index (χ1n) is 10.8. The average Bonchev–Trinajstić information content (AvgIpc) is 2.78. The molecule has 0 saturated heterocycles. The van der Waals surface area contributed by atoms with Crippen LogP contribution in [0.15, 0.2) is 72.8 Å². The standard InChI is InChI=1S/C28H27N3/c1-18-29-25(19-11-7-6-8-12-19)31-26(30-18)20-15-16-22-21-13-9-10-14-23(21)27(2,3)28(4,5)24(22)17-20/h6-17H,1-5H3. The minimum absolute atomic E-state index is 0.000563. The molecular formula is C28H27N3. The van der Waals surface area contributed by atoms with E-state index in [2.05, 4.69) is 80.1 Å². The van der Waals surface area contributed by atoms with E-state index in [0.29, 0.717) is 5.82 Å². The van der Waals surface area contributed by atoms with Gasteiger partial charge in [-0.3, -0.25) is 0 Å². The van der Waals surface area contributed by atoms with Crippen LogP contribution < -0.4 is 0 Å². The lowest BCUT2D eigenvalue weighted by Crippen LogP contribution is -2.43. The number of hydrogen-bond donors (Lipinski definition) is 0. The van der Waals surface area contributed by atoms with Crippen LogP contribution in [-0.4, -0.2) is 15.0 Å². The Bertz CT molecular complexity index is 1290. The molecule has 1 aliphatic rings. The van der Waals surface area contributed by atoms with Crippen LogP contribution in [0.3, 0.4) is 0 Å². The molecular weight excluding hydrogens is 378 g/mol. The Kier molecular flexibility index (Phi) is 4.33. The highest BCUT2D eigenvalue weighted by Crippen LogP contribution is 2.54. The first kappa shape index (κ1) is 19.6. The van der Waals surface area contributed by atoms with Crippen molar-refractivity contribution in [1.29, 1.82) is 0 Å². The molecule has 0 fully saturated rings. The van der Waals surface area contributed by atoms with Crippen LogP contribution in [0, 0.1) is 6.92 Å². The molecule has 0 unspecified atom stereocenters. The maximum absolute atomic E-state index is 4.83. The summed E-state index contributed by atoms with van der Waals surface area (Å²) in [7, 11) is 0. The smallest absolute Gasteiger partial charge is 0.163 e. The summed E-state index contributed by atoms with van der Waals surface area (Å²) in [6, 6.07) is 25.6. The fourth-order valence-electron chi connectivity index (χ4n) is 4.70. The molecule has 1 aromatic heterocycles. The van der Waals surface area contributed by atoms with Gasteiger partial charge in [0.15, 0.2) is 11.6 Å². The third-order valence-corrected chi connectivity index (χ3v) is 7.18. The lowest BCUT2D eigenvalue weighted by molar-refractivity contribution is 0.299. The van der Waals surface area contributed by atoms with E-state index < -0.39 is 0 Å². The molecule has 0 aliphatic heterocycles. The van der Waals surface area contributed by atoms with Crippen molar-refractivity contribution < 1.29 is 0 Å². The fraction of sp³-hybridized carbons (Fsp3) is 0.250. The van der Waals surface area contributed by atoms with E-state index in [1.807, 2.05) is 37.3 Å². The van der Waals surface area contributed by atoms with Crippen molar-refractivity contribution in [3.63, 3.8) is 0 Å². The minimum atomic E-state index is -0.0446. The number of aryl methyl sites for hydroxylation is 1. The topological polar surface area (TPSA) is 38.7 Å². The molecule has 31 heavy (non-hydrogen) atoms. The van der Waals surface area contributed by atoms with E-state index in [1.165, 1.54) is 22.3 Å². The van der Waals surface area contributed by atoms with Gasteiger partial charge in [0.1, 0.15) is 5.82 Å². The number of benzene rings is 3. The second kappa shape index (κ2) is 6.84. The van der Waals surface area contributed by atoms with Crippen LogP contribution in [0.2, 0.25) is 0 Å². The zero-order valence-electron chi connectivity index (χ0n) is 18.8. The van der Waals surface area contributed by atoms with E-state index in [4.69, 9.17) is 4.98 Å². The molecule has 1 heterocycles. The summed E-state index contributed by atoms with van der Waals surface area (Å²) in [5.41, 5.74) is 7.36. The van der Waals surface area contributed by atoms with Gasteiger partial charge in [-0.15, -0.1) is 0 Å². The second-order valence-corrected chi connectivity index (χ2v) is 9.45. The van der Waals surface area contributed by atoms with Crippen molar-refractivity contribution >= 4 is 0 Å². The van der Waals surface area contributed by atoms with Crippen LogP contribution in [0.5, 0.6) is 0 Å². The lowest BCUT2D eigenvalue weighted by atomic mass is 9.55. The predicted octanol–water partition coefficient (Wildman–Crippen LogP) is 6.75. The van der Waals surface area contributed by atoms with Gasteiger partial charge in [0, 0.05) is 11.1 Å². The molecule has 3 aromatic carbocycles. The van der Waals surface area contributed by atoms with Crippen molar-refractivity contribution in [2.75, 3.05) is 0 Å². The largest absolute Gasteiger partial charge is 0.213 e. The van der Waals surface area contributed by atoms with Crippen molar-refractivity contribution in [2.24, 2.45) is 0 Å². The van der Waals surface area contributed by atoms with Gasteiger partial charge < -0.3 is 0 Å². The number of fused-ring (bicyclic) bond motifs is 3. The first-order chi connectivity index (χ1) is 14.8. The van der Waals surface area contributed by atoms with Gasteiger partial charge in [-0.1, -0.05) is 94.4 Å². The highest BCUT2D eigenvalue weighted by atomic mass is 15.0. The summed E-state index contributed by atoms with van der Waals surface area (Å²) < 4.78 is 0. The van der Waals surface area contributed by atoms with Gasteiger partial charge >= 0.3 is 0 Å². The molecule has 0 amide bonds. The average molecular weight is 406 g/mol. The Hall–Kier alpha value is -3.33. The third kappa shape index (κ3) is 2.99.